The van der Waals surface area contributed by atoms with E-state index in [4.69, 9.17) is 4.74 Å². The quantitative estimate of drug-likeness (QED) is 0.884. The summed E-state index contributed by atoms with van der Waals surface area (Å²) in [6.07, 6.45) is 0. The maximum absolute atomic E-state index is 11.3. The molecule has 1 aromatic carbocycles. The number of carbonyl (C=O) groups is 1. The van der Waals surface area contributed by atoms with Crippen molar-refractivity contribution in [2.75, 3.05) is 31.7 Å². The average Bonchev–Trinajstić information content (AvgIpc) is 2.26. The zero-order chi connectivity index (χ0) is 13.3. The predicted molar refractivity (Wildman–Crippen MR) is 70.1 cm³/mol. The molecule has 18 heavy (non-hydrogen) atoms. The Morgan fingerprint density at radius 3 is 2.50 bits per heavy atom. The van der Waals surface area contributed by atoms with Crippen molar-refractivity contribution in [2.45, 2.75) is 13.8 Å². The number of hydrogen-bond acceptors (Lipinski definition) is 3. The lowest BCUT2D eigenvalue weighted by Gasteiger charge is -2.40. The van der Waals surface area contributed by atoms with E-state index in [1.165, 1.54) is 11.1 Å². The number of carboxylic acids is 1. The van der Waals surface area contributed by atoms with Crippen molar-refractivity contribution >= 4 is 11.7 Å². The van der Waals surface area contributed by atoms with Crippen molar-refractivity contribution in [1.82, 2.24) is 0 Å². The fourth-order valence-electron chi connectivity index (χ4n) is 2.14. The molecule has 1 aromatic rings. The number of carboxylic acid groups (broad SMARTS) is 1. The zero-order valence-corrected chi connectivity index (χ0v) is 11.1. The second-order valence-corrected chi connectivity index (χ2v) is 5.20. The van der Waals surface area contributed by atoms with E-state index in [9.17, 15) is 9.90 Å². The summed E-state index contributed by atoms with van der Waals surface area (Å²) in [4.78, 5) is 13.3. The Morgan fingerprint density at radius 1 is 1.39 bits per heavy atom. The fraction of sp³-hybridized carbons (Fsp3) is 0.500. The molecule has 0 saturated carbocycles. The standard InChI is InChI=1S/C14H19NO3/c1-10-4-5-12(6-11(10)2)15(3)7-14(13(16)17)8-18-9-14/h4-6H,7-9H2,1-3H3,(H,16,17). The average molecular weight is 249 g/mol. The van der Waals surface area contributed by atoms with Gasteiger partial charge in [-0.05, 0) is 37.1 Å². The van der Waals surface area contributed by atoms with Crippen LogP contribution in [-0.4, -0.2) is 37.9 Å². The van der Waals surface area contributed by atoms with Gasteiger partial charge < -0.3 is 14.7 Å². The first kappa shape index (κ1) is 12.9. The molecule has 0 unspecified atom stereocenters. The Hall–Kier alpha value is -1.55. The van der Waals surface area contributed by atoms with E-state index in [1.807, 2.05) is 18.0 Å². The molecule has 0 aliphatic carbocycles. The van der Waals surface area contributed by atoms with Gasteiger partial charge in [0.1, 0.15) is 5.41 Å². The van der Waals surface area contributed by atoms with Gasteiger partial charge >= 0.3 is 5.97 Å². The highest BCUT2D eigenvalue weighted by atomic mass is 16.5. The van der Waals surface area contributed by atoms with Crippen molar-refractivity contribution in [3.8, 4) is 0 Å². The minimum atomic E-state index is -0.774. The number of benzene rings is 1. The molecule has 0 spiro atoms. The summed E-state index contributed by atoms with van der Waals surface area (Å²) in [7, 11) is 1.92. The second kappa shape index (κ2) is 4.61. The van der Waals surface area contributed by atoms with Crippen molar-refractivity contribution in [3.63, 3.8) is 0 Å². The van der Waals surface area contributed by atoms with Crippen LogP contribution < -0.4 is 4.90 Å². The summed E-state index contributed by atoms with van der Waals surface area (Å²) in [5, 5.41) is 9.27. The number of hydrogen-bond donors (Lipinski definition) is 1. The number of aryl methyl sites for hydroxylation is 2. The molecule has 2 rings (SSSR count). The highest BCUT2D eigenvalue weighted by molar-refractivity contribution is 5.77. The first-order valence-corrected chi connectivity index (χ1v) is 6.04. The lowest BCUT2D eigenvalue weighted by atomic mass is 9.85. The van der Waals surface area contributed by atoms with E-state index < -0.39 is 11.4 Å². The number of aliphatic carboxylic acids is 1. The third-order valence-corrected chi connectivity index (χ3v) is 3.68. The van der Waals surface area contributed by atoms with Gasteiger partial charge in [-0.25, -0.2) is 0 Å². The highest BCUT2D eigenvalue weighted by Gasteiger charge is 2.47. The molecule has 0 radical (unpaired) electrons. The molecule has 0 amide bonds. The SMILES string of the molecule is Cc1ccc(N(C)CC2(C(=O)O)COC2)cc1C. The van der Waals surface area contributed by atoms with Gasteiger partial charge in [-0.1, -0.05) is 6.07 Å². The summed E-state index contributed by atoms with van der Waals surface area (Å²) in [6.45, 7) is 5.21. The normalized spacial score (nSPS) is 17.1. The highest BCUT2D eigenvalue weighted by Crippen LogP contribution is 2.30. The van der Waals surface area contributed by atoms with Crippen LogP contribution in [0.1, 0.15) is 11.1 Å². The molecule has 4 nitrogen and oxygen atoms in total. The molecule has 0 bridgehead atoms. The van der Waals surface area contributed by atoms with Crippen LogP contribution in [0.5, 0.6) is 0 Å². The van der Waals surface area contributed by atoms with Crippen molar-refractivity contribution in [2.24, 2.45) is 5.41 Å². The van der Waals surface area contributed by atoms with E-state index in [1.54, 1.807) is 0 Å². The summed E-state index contributed by atoms with van der Waals surface area (Å²) < 4.78 is 5.07. The summed E-state index contributed by atoms with van der Waals surface area (Å²) in [5.41, 5.74) is 2.76. The molecule has 1 saturated heterocycles. The molecule has 1 heterocycles. The van der Waals surface area contributed by atoms with Gasteiger partial charge in [-0.3, -0.25) is 4.79 Å². The second-order valence-electron chi connectivity index (χ2n) is 5.20. The lowest BCUT2D eigenvalue weighted by molar-refractivity contribution is -0.177. The van der Waals surface area contributed by atoms with Gasteiger partial charge in [0.2, 0.25) is 0 Å². The summed E-state index contributed by atoms with van der Waals surface area (Å²) >= 11 is 0. The van der Waals surface area contributed by atoms with Gasteiger partial charge in [-0.15, -0.1) is 0 Å². The zero-order valence-electron chi connectivity index (χ0n) is 11.1. The van der Waals surface area contributed by atoms with E-state index in [2.05, 4.69) is 26.0 Å². The molecular weight excluding hydrogens is 230 g/mol. The number of anilines is 1. The fourth-order valence-corrected chi connectivity index (χ4v) is 2.14. The van der Waals surface area contributed by atoms with Crippen molar-refractivity contribution in [3.05, 3.63) is 29.3 Å². The predicted octanol–water partition coefficient (Wildman–Crippen LogP) is 1.84. The van der Waals surface area contributed by atoms with Gasteiger partial charge in [0.25, 0.3) is 0 Å². The summed E-state index contributed by atoms with van der Waals surface area (Å²) in [5.74, 6) is -0.774. The molecule has 98 valence electrons. The monoisotopic (exact) mass is 249 g/mol. The summed E-state index contributed by atoms with van der Waals surface area (Å²) in [6, 6.07) is 6.17. The van der Waals surface area contributed by atoms with Gasteiger partial charge in [0.05, 0.1) is 13.2 Å². The number of rotatable bonds is 4. The van der Waals surface area contributed by atoms with Gasteiger partial charge in [0.15, 0.2) is 0 Å². The Bertz CT molecular complexity index is 466. The molecule has 0 atom stereocenters. The van der Waals surface area contributed by atoms with E-state index in [0.717, 1.165) is 5.69 Å². The Morgan fingerprint density at radius 2 is 2.06 bits per heavy atom. The molecule has 0 aromatic heterocycles. The van der Waals surface area contributed by atoms with Crippen LogP contribution in [-0.2, 0) is 9.53 Å². The maximum Gasteiger partial charge on any atom is 0.316 e. The molecule has 4 heteroatoms. The maximum atomic E-state index is 11.3. The smallest absolute Gasteiger partial charge is 0.316 e. The van der Waals surface area contributed by atoms with Crippen LogP contribution in [0.15, 0.2) is 18.2 Å². The van der Waals surface area contributed by atoms with Crippen molar-refractivity contribution < 1.29 is 14.6 Å². The van der Waals surface area contributed by atoms with Gasteiger partial charge in [0, 0.05) is 19.3 Å². The van der Waals surface area contributed by atoms with Crippen LogP contribution in [0.4, 0.5) is 5.69 Å². The Balaban J connectivity index is 2.14. The third-order valence-electron chi connectivity index (χ3n) is 3.68. The van der Waals surface area contributed by atoms with Crippen LogP contribution in [0, 0.1) is 19.3 Å². The molecule has 1 aliphatic rings. The Kier molecular flexibility index (Phi) is 3.30. The lowest BCUT2D eigenvalue weighted by Crippen LogP contribution is -2.55. The van der Waals surface area contributed by atoms with E-state index >= 15 is 0 Å². The minimum absolute atomic E-state index is 0.303. The molecule has 1 fully saturated rings. The molecule has 1 N–H and O–H groups in total. The van der Waals surface area contributed by atoms with Gasteiger partial charge in [-0.2, -0.15) is 0 Å². The minimum Gasteiger partial charge on any atom is -0.481 e. The first-order valence-electron chi connectivity index (χ1n) is 6.04. The van der Waals surface area contributed by atoms with E-state index in [0.29, 0.717) is 19.8 Å². The molecule has 1 aliphatic heterocycles. The topological polar surface area (TPSA) is 49.8 Å². The van der Waals surface area contributed by atoms with Crippen LogP contribution >= 0.6 is 0 Å². The largest absolute Gasteiger partial charge is 0.481 e. The van der Waals surface area contributed by atoms with Crippen LogP contribution in [0.2, 0.25) is 0 Å². The third kappa shape index (κ3) is 2.20. The Labute approximate surface area is 107 Å². The first-order chi connectivity index (χ1) is 8.44. The number of nitrogens with zero attached hydrogens (tertiary/aromatic N) is 1. The van der Waals surface area contributed by atoms with Crippen LogP contribution in [0.25, 0.3) is 0 Å². The van der Waals surface area contributed by atoms with Crippen molar-refractivity contribution in [1.29, 1.82) is 0 Å². The molecular formula is C14H19NO3. The van der Waals surface area contributed by atoms with E-state index in [-0.39, 0.29) is 0 Å². The van der Waals surface area contributed by atoms with Crippen LogP contribution in [0.3, 0.4) is 0 Å². The number of ether oxygens (including phenoxy) is 1.